The fraction of sp³-hybridized carbons (Fsp3) is 0.467. The number of ether oxygens (including phenoxy) is 1. The average molecular weight is 251 g/mol. The van der Waals surface area contributed by atoms with E-state index in [9.17, 15) is 4.39 Å². The van der Waals surface area contributed by atoms with Crippen LogP contribution in [0.3, 0.4) is 0 Å². The summed E-state index contributed by atoms with van der Waals surface area (Å²) in [5, 5.41) is 3.25. The van der Waals surface area contributed by atoms with Crippen LogP contribution in [-0.2, 0) is 6.54 Å². The van der Waals surface area contributed by atoms with E-state index in [2.05, 4.69) is 18.8 Å². The van der Waals surface area contributed by atoms with E-state index in [-0.39, 0.29) is 5.82 Å². The molecule has 0 amide bonds. The van der Waals surface area contributed by atoms with Gasteiger partial charge in [-0.3, -0.25) is 0 Å². The van der Waals surface area contributed by atoms with Gasteiger partial charge in [0.1, 0.15) is 18.2 Å². The van der Waals surface area contributed by atoms with Gasteiger partial charge in [-0.2, -0.15) is 0 Å². The van der Waals surface area contributed by atoms with E-state index in [0.29, 0.717) is 13.2 Å². The van der Waals surface area contributed by atoms with E-state index < -0.39 is 0 Å². The van der Waals surface area contributed by atoms with Crippen molar-refractivity contribution in [2.24, 2.45) is 0 Å². The number of nitrogens with one attached hydrogen (secondary N) is 1. The Kier molecular flexibility index (Phi) is 6.44. The first-order chi connectivity index (χ1) is 8.67. The molecule has 0 aliphatic heterocycles. The van der Waals surface area contributed by atoms with Crippen molar-refractivity contribution in [3.63, 3.8) is 0 Å². The van der Waals surface area contributed by atoms with Crippen LogP contribution in [0.25, 0.3) is 0 Å². The fourth-order valence-electron chi connectivity index (χ4n) is 1.51. The molecular formula is C15H22FNO. The summed E-state index contributed by atoms with van der Waals surface area (Å²) < 4.78 is 18.9. The van der Waals surface area contributed by atoms with Crippen LogP contribution in [0.2, 0.25) is 0 Å². The van der Waals surface area contributed by atoms with Gasteiger partial charge in [-0.1, -0.05) is 20.4 Å². The van der Waals surface area contributed by atoms with Crippen LogP contribution in [-0.4, -0.2) is 13.2 Å². The maximum Gasteiger partial charge on any atom is 0.124 e. The summed E-state index contributed by atoms with van der Waals surface area (Å²) in [5.41, 5.74) is 1.89. The number of halogens is 1. The monoisotopic (exact) mass is 251 g/mol. The molecule has 0 saturated carbocycles. The van der Waals surface area contributed by atoms with Crippen molar-refractivity contribution in [1.29, 1.82) is 0 Å². The molecule has 0 unspecified atom stereocenters. The maximum atomic E-state index is 13.2. The molecule has 0 atom stereocenters. The first kappa shape index (κ1) is 14.7. The Balaban J connectivity index is 2.66. The topological polar surface area (TPSA) is 21.3 Å². The molecule has 1 N–H and O–H groups in total. The predicted molar refractivity (Wildman–Crippen MR) is 73.3 cm³/mol. The highest BCUT2D eigenvalue weighted by Gasteiger charge is 2.05. The van der Waals surface area contributed by atoms with Crippen LogP contribution >= 0.6 is 0 Å². The van der Waals surface area contributed by atoms with E-state index >= 15 is 0 Å². The molecule has 0 bridgehead atoms. The molecule has 0 radical (unpaired) electrons. The first-order valence-electron chi connectivity index (χ1n) is 6.46. The molecule has 0 aliphatic rings. The molecule has 18 heavy (non-hydrogen) atoms. The molecule has 0 saturated heterocycles. The number of benzene rings is 1. The van der Waals surface area contributed by atoms with Crippen LogP contribution in [0.15, 0.2) is 30.4 Å². The van der Waals surface area contributed by atoms with Crippen LogP contribution < -0.4 is 10.1 Å². The Hall–Kier alpha value is -1.35. The molecule has 1 rings (SSSR count). The molecular weight excluding hydrogens is 229 g/mol. The van der Waals surface area contributed by atoms with Crippen molar-refractivity contribution < 1.29 is 9.13 Å². The minimum absolute atomic E-state index is 0.232. The Morgan fingerprint density at radius 1 is 1.39 bits per heavy atom. The Bertz CT molecular complexity index is 390. The molecule has 0 aromatic heterocycles. The largest absolute Gasteiger partial charge is 0.489 e. The van der Waals surface area contributed by atoms with Crippen LogP contribution in [0.4, 0.5) is 4.39 Å². The maximum absolute atomic E-state index is 13.2. The SMILES string of the molecule is C=C(CC)COc1ccc(F)cc1CNCCC. The van der Waals surface area contributed by atoms with Gasteiger partial charge in [-0.05, 0) is 43.2 Å². The quantitative estimate of drug-likeness (QED) is 0.562. The lowest BCUT2D eigenvalue weighted by atomic mass is 10.2. The zero-order chi connectivity index (χ0) is 13.4. The van der Waals surface area contributed by atoms with Gasteiger partial charge in [0.25, 0.3) is 0 Å². The fourth-order valence-corrected chi connectivity index (χ4v) is 1.51. The van der Waals surface area contributed by atoms with Crippen molar-refractivity contribution in [1.82, 2.24) is 5.32 Å². The lowest BCUT2D eigenvalue weighted by Crippen LogP contribution is -2.15. The highest BCUT2D eigenvalue weighted by molar-refractivity contribution is 5.34. The number of hydrogen-bond donors (Lipinski definition) is 1. The number of hydrogen-bond acceptors (Lipinski definition) is 2. The van der Waals surface area contributed by atoms with Gasteiger partial charge in [-0.25, -0.2) is 4.39 Å². The van der Waals surface area contributed by atoms with Crippen molar-refractivity contribution in [2.75, 3.05) is 13.2 Å². The van der Waals surface area contributed by atoms with Gasteiger partial charge >= 0.3 is 0 Å². The zero-order valence-electron chi connectivity index (χ0n) is 11.3. The molecule has 0 spiro atoms. The minimum Gasteiger partial charge on any atom is -0.489 e. The molecule has 100 valence electrons. The second kappa shape index (κ2) is 7.88. The number of rotatable bonds is 8. The third-order valence-electron chi connectivity index (χ3n) is 2.70. The van der Waals surface area contributed by atoms with Gasteiger partial charge in [0.05, 0.1) is 0 Å². The van der Waals surface area contributed by atoms with Crippen LogP contribution in [0, 0.1) is 5.82 Å². The van der Waals surface area contributed by atoms with Crippen molar-refractivity contribution >= 4 is 0 Å². The second-order valence-electron chi connectivity index (χ2n) is 4.32. The summed E-state index contributed by atoms with van der Waals surface area (Å²) in [6, 6.07) is 4.63. The minimum atomic E-state index is -0.232. The summed E-state index contributed by atoms with van der Waals surface area (Å²) in [5.74, 6) is 0.500. The van der Waals surface area contributed by atoms with Gasteiger partial charge in [-0.15, -0.1) is 0 Å². The summed E-state index contributed by atoms with van der Waals surface area (Å²) in [4.78, 5) is 0. The molecule has 2 nitrogen and oxygen atoms in total. The van der Waals surface area contributed by atoms with Crippen LogP contribution in [0.1, 0.15) is 32.3 Å². The Morgan fingerprint density at radius 3 is 2.83 bits per heavy atom. The molecule has 0 fully saturated rings. The third-order valence-corrected chi connectivity index (χ3v) is 2.70. The summed E-state index contributed by atoms with van der Waals surface area (Å²) >= 11 is 0. The van der Waals surface area contributed by atoms with Crippen molar-refractivity contribution in [3.8, 4) is 5.75 Å². The normalized spacial score (nSPS) is 10.4. The van der Waals surface area contributed by atoms with Gasteiger partial charge in [0, 0.05) is 12.1 Å². The first-order valence-corrected chi connectivity index (χ1v) is 6.46. The van der Waals surface area contributed by atoms with E-state index in [4.69, 9.17) is 4.74 Å². The molecule has 1 aromatic carbocycles. The Labute approximate surface area is 109 Å². The average Bonchev–Trinajstić information content (AvgIpc) is 2.37. The van der Waals surface area contributed by atoms with Gasteiger partial charge in [0.2, 0.25) is 0 Å². The molecule has 3 heteroatoms. The highest BCUT2D eigenvalue weighted by atomic mass is 19.1. The zero-order valence-corrected chi connectivity index (χ0v) is 11.3. The molecule has 0 aliphatic carbocycles. The van der Waals surface area contributed by atoms with E-state index in [1.54, 1.807) is 6.07 Å². The van der Waals surface area contributed by atoms with Crippen LogP contribution in [0.5, 0.6) is 5.75 Å². The van der Waals surface area contributed by atoms with Crippen molar-refractivity contribution in [2.45, 2.75) is 33.2 Å². The summed E-state index contributed by atoms with van der Waals surface area (Å²) in [7, 11) is 0. The van der Waals surface area contributed by atoms with Crippen molar-refractivity contribution in [3.05, 3.63) is 41.7 Å². The van der Waals surface area contributed by atoms with Gasteiger partial charge in [0.15, 0.2) is 0 Å². The predicted octanol–water partition coefficient (Wildman–Crippen LogP) is 3.67. The Morgan fingerprint density at radius 2 is 2.17 bits per heavy atom. The van der Waals surface area contributed by atoms with E-state index in [1.165, 1.54) is 12.1 Å². The smallest absolute Gasteiger partial charge is 0.124 e. The molecule has 0 heterocycles. The highest BCUT2D eigenvalue weighted by Crippen LogP contribution is 2.20. The lowest BCUT2D eigenvalue weighted by molar-refractivity contribution is 0.343. The standard InChI is InChI=1S/C15H22FNO/c1-4-8-17-10-13-9-14(16)6-7-15(13)18-11-12(3)5-2/h6-7,9,17H,3-5,8,10-11H2,1-2H3. The van der Waals surface area contributed by atoms with E-state index in [0.717, 1.165) is 36.3 Å². The van der Waals surface area contributed by atoms with Gasteiger partial charge < -0.3 is 10.1 Å². The third kappa shape index (κ3) is 4.88. The summed E-state index contributed by atoms with van der Waals surface area (Å²) in [6.45, 7) is 10.1. The summed E-state index contributed by atoms with van der Waals surface area (Å²) in [6.07, 6.45) is 1.95. The van der Waals surface area contributed by atoms with E-state index in [1.807, 2.05) is 6.92 Å². The lowest BCUT2D eigenvalue weighted by Gasteiger charge is -2.13. The second-order valence-corrected chi connectivity index (χ2v) is 4.32. The molecule has 1 aromatic rings.